The molecule has 2 aliphatic rings. The van der Waals surface area contributed by atoms with Crippen LogP contribution in [0.5, 0.6) is 0 Å². The van der Waals surface area contributed by atoms with Crippen molar-refractivity contribution in [2.75, 3.05) is 32.1 Å². The summed E-state index contributed by atoms with van der Waals surface area (Å²) in [4.78, 5) is 31.4. The Labute approximate surface area is 182 Å². The van der Waals surface area contributed by atoms with Gasteiger partial charge in [-0.25, -0.2) is 18.2 Å². The molecule has 2 aromatic rings. The highest BCUT2D eigenvalue weighted by Crippen LogP contribution is 2.30. The number of ether oxygens (including phenoxy) is 1. The molecule has 0 radical (unpaired) electrons. The lowest BCUT2D eigenvalue weighted by Crippen LogP contribution is -2.41. The van der Waals surface area contributed by atoms with Crippen molar-refractivity contribution in [3.05, 3.63) is 28.1 Å². The summed E-state index contributed by atoms with van der Waals surface area (Å²) >= 11 is 2.57. The van der Waals surface area contributed by atoms with Gasteiger partial charge in [0.15, 0.2) is 5.13 Å². The van der Waals surface area contributed by atoms with Gasteiger partial charge in [0.1, 0.15) is 4.21 Å². The van der Waals surface area contributed by atoms with Crippen molar-refractivity contribution in [1.82, 2.24) is 14.2 Å². The van der Waals surface area contributed by atoms with E-state index in [0.29, 0.717) is 54.8 Å². The van der Waals surface area contributed by atoms with Gasteiger partial charge in [-0.1, -0.05) is 17.4 Å². The van der Waals surface area contributed by atoms with Crippen molar-refractivity contribution in [1.29, 1.82) is 0 Å². The molecule has 12 heteroatoms. The van der Waals surface area contributed by atoms with E-state index in [0.717, 1.165) is 10.6 Å². The number of hydrogen-bond donors (Lipinski definition) is 1. The fourth-order valence-electron chi connectivity index (χ4n) is 3.64. The Balaban J connectivity index is 1.34. The van der Waals surface area contributed by atoms with Gasteiger partial charge in [0, 0.05) is 36.9 Å². The summed E-state index contributed by atoms with van der Waals surface area (Å²) < 4.78 is 31.8. The normalized spacial score (nSPS) is 18.1. The first kappa shape index (κ1) is 21.2. The van der Waals surface area contributed by atoms with Crippen LogP contribution in [-0.2, 0) is 32.5 Å². The van der Waals surface area contributed by atoms with Crippen molar-refractivity contribution in [2.45, 2.75) is 30.0 Å². The van der Waals surface area contributed by atoms with Crippen LogP contribution in [0.15, 0.2) is 21.7 Å². The number of thiazole rings is 1. The molecule has 0 spiro atoms. The maximum absolute atomic E-state index is 12.7. The van der Waals surface area contributed by atoms with E-state index in [1.807, 2.05) is 0 Å². The van der Waals surface area contributed by atoms with Crippen molar-refractivity contribution in [3.63, 3.8) is 0 Å². The van der Waals surface area contributed by atoms with Gasteiger partial charge >= 0.3 is 6.09 Å². The first-order valence-corrected chi connectivity index (χ1v) is 12.7. The van der Waals surface area contributed by atoms with Gasteiger partial charge in [-0.05, 0) is 24.3 Å². The van der Waals surface area contributed by atoms with Gasteiger partial charge in [-0.2, -0.15) is 4.31 Å². The molecule has 2 aromatic heterocycles. The second-order valence-corrected chi connectivity index (χ2v) is 11.3. The molecule has 0 aliphatic carbocycles. The zero-order chi connectivity index (χ0) is 21.3. The number of sulfonamides is 1. The largest absolute Gasteiger partial charge is 0.453 e. The average molecular weight is 471 g/mol. The Morgan fingerprint density at radius 1 is 1.27 bits per heavy atom. The summed E-state index contributed by atoms with van der Waals surface area (Å²) in [5.74, 6) is -0.397. The van der Waals surface area contributed by atoms with Crippen molar-refractivity contribution in [2.24, 2.45) is 5.92 Å². The summed E-state index contributed by atoms with van der Waals surface area (Å²) in [6.07, 6.45) is 1.19. The third-order valence-electron chi connectivity index (χ3n) is 5.31. The Kier molecular flexibility index (Phi) is 6.09. The molecule has 0 bridgehead atoms. The third kappa shape index (κ3) is 4.22. The highest BCUT2D eigenvalue weighted by molar-refractivity contribution is 7.91. The van der Waals surface area contributed by atoms with Crippen LogP contribution in [0.4, 0.5) is 9.93 Å². The van der Waals surface area contributed by atoms with Gasteiger partial charge in [0.25, 0.3) is 10.0 Å². The molecule has 1 N–H and O–H groups in total. The monoisotopic (exact) mass is 470 g/mol. The number of fused-ring (bicyclic) bond motifs is 1. The number of nitrogens with one attached hydrogen (secondary N) is 1. The fourth-order valence-corrected chi connectivity index (χ4v) is 7.28. The molecular weight excluding hydrogens is 448 g/mol. The molecule has 0 saturated carbocycles. The van der Waals surface area contributed by atoms with Crippen LogP contribution < -0.4 is 5.32 Å². The van der Waals surface area contributed by atoms with E-state index in [2.05, 4.69) is 10.3 Å². The highest BCUT2D eigenvalue weighted by Gasteiger charge is 2.33. The predicted molar refractivity (Wildman–Crippen MR) is 113 cm³/mol. The number of methoxy groups -OCH3 is 1. The van der Waals surface area contributed by atoms with E-state index in [1.54, 1.807) is 22.4 Å². The zero-order valence-corrected chi connectivity index (χ0v) is 18.8. The van der Waals surface area contributed by atoms with Crippen molar-refractivity contribution in [3.8, 4) is 0 Å². The highest BCUT2D eigenvalue weighted by atomic mass is 32.2. The molecule has 2 aliphatic heterocycles. The average Bonchev–Trinajstić information content (AvgIpc) is 3.42. The lowest BCUT2D eigenvalue weighted by atomic mass is 9.97. The number of carbonyl (C=O) groups is 2. The number of carbonyl (C=O) groups excluding carboxylic acids is 2. The predicted octanol–water partition coefficient (Wildman–Crippen LogP) is 2.37. The minimum atomic E-state index is -3.48. The lowest BCUT2D eigenvalue weighted by molar-refractivity contribution is -0.120. The second kappa shape index (κ2) is 8.61. The van der Waals surface area contributed by atoms with Crippen molar-refractivity contribution >= 4 is 49.8 Å². The van der Waals surface area contributed by atoms with Gasteiger partial charge in [0.2, 0.25) is 5.91 Å². The number of anilines is 1. The van der Waals surface area contributed by atoms with Crippen LogP contribution in [-0.4, -0.2) is 61.4 Å². The van der Waals surface area contributed by atoms with Crippen LogP contribution in [0, 0.1) is 5.92 Å². The molecule has 30 heavy (non-hydrogen) atoms. The lowest BCUT2D eigenvalue weighted by Gasteiger charge is -2.29. The molecule has 162 valence electrons. The molecular formula is C18H22N4O5S3. The topological polar surface area (TPSA) is 109 Å². The molecule has 9 nitrogen and oxygen atoms in total. The smallest absolute Gasteiger partial charge is 0.409 e. The molecule has 0 atom stereocenters. The van der Waals surface area contributed by atoms with Crippen LogP contribution in [0.3, 0.4) is 0 Å². The number of hydrogen-bond acceptors (Lipinski definition) is 8. The van der Waals surface area contributed by atoms with E-state index in [4.69, 9.17) is 4.74 Å². The molecule has 4 heterocycles. The quantitative estimate of drug-likeness (QED) is 0.735. The number of aromatic nitrogens is 1. The molecule has 0 unspecified atom stereocenters. The molecule has 1 saturated heterocycles. The minimum absolute atomic E-state index is 0.140. The van der Waals surface area contributed by atoms with Gasteiger partial charge in [-0.15, -0.1) is 11.3 Å². The molecule has 1 fully saturated rings. The van der Waals surface area contributed by atoms with Gasteiger partial charge < -0.3 is 15.0 Å². The summed E-state index contributed by atoms with van der Waals surface area (Å²) in [5, 5.41) is 5.14. The fraction of sp³-hybridized carbons (Fsp3) is 0.500. The summed E-state index contributed by atoms with van der Waals surface area (Å²) in [7, 11) is -2.12. The second-order valence-electron chi connectivity index (χ2n) is 7.13. The van der Waals surface area contributed by atoms with Crippen LogP contribution in [0.2, 0.25) is 0 Å². The van der Waals surface area contributed by atoms with Crippen molar-refractivity contribution < 1.29 is 22.7 Å². The Morgan fingerprint density at radius 2 is 2.03 bits per heavy atom. The van der Waals surface area contributed by atoms with Gasteiger partial charge in [0.05, 0.1) is 19.3 Å². The van der Waals surface area contributed by atoms with E-state index in [-0.39, 0.29) is 17.9 Å². The third-order valence-corrected chi connectivity index (χ3v) is 9.58. The van der Waals surface area contributed by atoms with Crippen LogP contribution in [0.1, 0.15) is 23.4 Å². The van der Waals surface area contributed by atoms with E-state index in [9.17, 15) is 18.0 Å². The number of rotatable bonds is 4. The van der Waals surface area contributed by atoms with E-state index >= 15 is 0 Å². The Morgan fingerprint density at radius 3 is 2.70 bits per heavy atom. The number of piperidine rings is 1. The maximum Gasteiger partial charge on any atom is 0.409 e. The van der Waals surface area contributed by atoms with E-state index < -0.39 is 10.0 Å². The first-order valence-electron chi connectivity index (χ1n) is 9.54. The van der Waals surface area contributed by atoms with E-state index in [1.165, 1.54) is 34.1 Å². The summed E-state index contributed by atoms with van der Waals surface area (Å²) in [6.45, 7) is 1.60. The number of nitrogens with zero attached hydrogens (tertiary/aromatic N) is 3. The van der Waals surface area contributed by atoms with Crippen LogP contribution >= 0.6 is 22.7 Å². The first-order chi connectivity index (χ1) is 14.4. The minimum Gasteiger partial charge on any atom is -0.453 e. The zero-order valence-electron chi connectivity index (χ0n) is 16.4. The standard InChI is InChI=1S/C18H22N4O5S3/c1-27-18(24)21-7-6-13-14(11-21)29-17(19-13)20-16(23)12-4-8-22(9-5-12)30(25,26)15-3-2-10-28-15/h2-3,10,12H,4-9,11H2,1H3,(H,19,20,23). The number of thiophene rings is 1. The Hall–Kier alpha value is -2.02. The number of amides is 2. The molecule has 4 rings (SSSR count). The summed E-state index contributed by atoms with van der Waals surface area (Å²) in [6, 6.07) is 3.32. The molecule has 0 aromatic carbocycles. The maximum atomic E-state index is 12.7. The van der Waals surface area contributed by atoms with Gasteiger partial charge in [-0.3, -0.25) is 4.79 Å². The SMILES string of the molecule is COC(=O)N1CCc2nc(NC(=O)C3CCN(S(=O)(=O)c4cccs4)CC3)sc2C1. The Bertz CT molecular complexity index is 1030. The van der Waals surface area contributed by atoms with Crippen LogP contribution in [0.25, 0.3) is 0 Å². The molecule has 2 amide bonds. The summed E-state index contributed by atoms with van der Waals surface area (Å²) in [5.41, 5.74) is 0.896.